The summed E-state index contributed by atoms with van der Waals surface area (Å²) in [6.45, 7) is 1.71. The molecule has 4 N–H and O–H groups in total. The van der Waals surface area contributed by atoms with Gasteiger partial charge in [0, 0.05) is 5.56 Å². The monoisotopic (exact) mass is 166 g/mol. The molecule has 1 rings (SSSR count). The summed E-state index contributed by atoms with van der Waals surface area (Å²) in [5.41, 5.74) is 3.09. The summed E-state index contributed by atoms with van der Waals surface area (Å²) >= 11 is 0. The maximum absolute atomic E-state index is 11.0. The molecule has 0 aromatic heterocycles. The van der Waals surface area contributed by atoms with Gasteiger partial charge in [0.25, 0.3) is 5.91 Å². The molecule has 1 aromatic carbocycles. The molecule has 0 heterocycles. The molecule has 0 spiro atoms. The molecule has 64 valence electrons. The minimum atomic E-state index is -0.363. The van der Waals surface area contributed by atoms with Crippen LogP contribution in [0.1, 0.15) is 15.9 Å². The fourth-order valence-electron chi connectivity index (χ4n) is 0.880. The molecule has 12 heavy (non-hydrogen) atoms. The molecule has 0 bridgehead atoms. The van der Waals surface area contributed by atoms with E-state index in [1.807, 2.05) is 5.43 Å². The first-order valence-corrected chi connectivity index (χ1v) is 3.45. The number of aromatic hydroxyl groups is 1. The van der Waals surface area contributed by atoms with E-state index in [0.29, 0.717) is 11.1 Å². The molecule has 4 nitrogen and oxygen atoms in total. The highest BCUT2D eigenvalue weighted by Gasteiger charge is 2.04. The van der Waals surface area contributed by atoms with Gasteiger partial charge in [-0.05, 0) is 30.7 Å². The highest BCUT2D eigenvalue weighted by atomic mass is 16.3. The van der Waals surface area contributed by atoms with Crippen molar-refractivity contribution in [1.29, 1.82) is 0 Å². The molecular weight excluding hydrogens is 156 g/mol. The van der Waals surface area contributed by atoms with Gasteiger partial charge in [0.15, 0.2) is 0 Å². The molecule has 0 radical (unpaired) electrons. The summed E-state index contributed by atoms with van der Waals surface area (Å²) in [7, 11) is 0. The zero-order valence-corrected chi connectivity index (χ0v) is 6.66. The number of hydrazine groups is 1. The van der Waals surface area contributed by atoms with Gasteiger partial charge in [0.05, 0.1) is 0 Å². The molecule has 0 aliphatic carbocycles. The van der Waals surface area contributed by atoms with Gasteiger partial charge in [-0.2, -0.15) is 0 Å². The number of phenols is 1. The standard InChI is InChI=1S/C8H10N2O2/c1-5-4-6(8(12)10-9)2-3-7(5)11/h2-4,11H,9H2,1H3,(H,10,12). The topological polar surface area (TPSA) is 75.4 Å². The summed E-state index contributed by atoms with van der Waals surface area (Å²) in [6, 6.07) is 4.53. The lowest BCUT2D eigenvalue weighted by Crippen LogP contribution is -2.29. The Morgan fingerprint density at radius 3 is 2.75 bits per heavy atom. The summed E-state index contributed by atoms with van der Waals surface area (Å²) in [6.07, 6.45) is 0. The van der Waals surface area contributed by atoms with Crippen LogP contribution in [0.3, 0.4) is 0 Å². The number of hydrogen-bond acceptors (Lipinski definition) is 3. The lowest BCUT2D eigenvalue weighted by atomic mass is 10.1. The van der Waals surface area contributed by atoms with Crippen LogP contribution in [-0.2, 0) is 0 Å². The number of nitrogens with one attached hydrogen (secondary N) is 1. The summed E-state index contributed by atoms with van der Waals surface area (Å²) in [5, 5.41) is 9.14. The van der Waals surface area contributed by atoms with E-state index in [1.165, 1.54) is 12.1 Å². The smallest absolute Gasteiger partial charge is 0.265 e. The minimum Gasteiger partial charge on any atom is -0.508 e. The van der Waals surface area contributed by atoms with Crippen molar-refractivity contribution in [2.24, 2.45) is 5.84 Å². The minimum absolute atomic E-state index is 0.170. The van der Waals surface area contributed by atoms with Crippen molar-refractivity contribution in [1.82, 2.24) is 5.43 Å². The van der Waals surface area contributed by atoms with Crippen molar-refractivity contribution in [3.8, 4) is 5.75 Å². The number of benzene rings is 1. The second-order valence-corrected chi connectivity index (χ2v) is 2.47. The fraction of sp³-hybridized carbons (Fsp3) is 0.125. The molecule has 0 aliphatic heterocycles. The molecule has 0 unspecified atom stereocenters. The predicted molar refractivity (Wildman–Crippen MR) is 44.5 cm³/mol. The second-order valence-electron chi connectivity index (χ2n) is 2.47. The molecule has 4 heteroatoms. The van der Waals surface area contributed by atoms with Crippen molar-refractivity contribution >= 4 is 5.91 Å². The third-order valence-electron chi connectivity index (χ3n) is 1.59. The number of phenolic OH excluding ortho intramolecular Hbond substituents is 1. The van der Waals surface area contributed by atoms with Gasteiger partial charge >= 0.3 is 0 Å². The van der Waals surface area contributed by atoms with E-state index in [4.69, 9.17) is 10.9 Å². The lowest BCUT2D eigenvalue weighted by molar-refractivity contribution is 0.0953. The van der Waals surface area contributed by atoms with Crippen LogP contribution < -0.4 is 11.3 Å². The zero-order valence-electron chi connectivity index (χ0n) is 6.66. The van der Waals surface area contributed by atoms with Gasteiger partial charge in [0.1, 0.15) is 5.75 Å². The molecule has 0 fully saturated rings. The van der Waals surface area contributed by atoms with Crippen LogP contribution >= 0.6 is 0 Å². The van der Waals surface area contributed by atoms with Crippen molar-refractivity contribution in [2.75, 3.05) is 0 Å². The number of nitrogen functional groups attached to an aromatic ring is 1. The molecule has 1 amide bonds. The van der Waals surface area contributed by atoms with Gasteiger partial charge in [-0.15, -0.1) is 0 Å². The Kier molecular flexibility index (Phi) is 2.30. The highest BCUT2D eigenvalue weighted by molar-refractivity contribution is 5.94. The van der Waals surface area contributed by atoms with Crippen LogP contribution in [-0.4, -0.2) is 11.0 Å². The van der Waals surface area contributed by atoms with Crippen LogP contribution in [0.2, 0.25) is 0 Å². The predicted octanol–water partition coefficient (Wildman–Crippen LogP) is 0.304. The van der Waals surface area contributed by atoms with Crippen molar-refractivity contribution in [2.45, 2.75) is 6.92 Å². The number of hydrogen-bond donors (Lipinski definition) is 3. The van der Waals surface area contributed by atoms with E-state index in [-0.39, 0.29) is 11.7 Å². The lowest BCUT2D eigenvalue weighted by Gasteiger charge is -2.01. The van der Waals surface area contributed by atoms with E-state index in [2.05, 4.69) is 0 Å². The summed E-state index contributed by atoms with van der Waals surface area (Å²) in [4.78, 5) is 11.0. The Morgan fingerprint density at radius 2 is 2.25 bits per heavy atom. The average Bonchev–Trinajstić information content (AvgIpc) is 2.08. The fourth-order valence-corrected chi connectivity index (χ4v) is 0.880. The summed E-state index contributed by atoms with van der Waals surface area (Å²) in [5.74, 6) is 4.74. The average molecular weight is 166 g/mol. The first kappa shape index (κ1) is 8.55. The van der Waals surface area contributed by atoms with E-state index in [1.54, 1.807) is 13.0 Å². The van der Waals surface area contributed by atoms with Crippen LogP contribution in [0.15, 0.2) is 18.2 Å². The molecule has 0 saturated heterocycles. The van der Waals surface area contributed by atoms with Crippen molar-refractivity contribution < 1.29 is 9.90 Å². The zero-order chi connectivity index (χ0) is 9.14. The van der Waals surface area contributed by atoms with Crippen molar-refractivity contribution in [3.05, 3.63) is 29.3 Å². The van der Waals surface area contributed by atoms with Gasteiger partial charge in [-0.3, -0.25) is 10.2 Å². The molecular formula is C8H10N2O2. The van der Waals surface area contributed by atoms with Gasteiger partial charge in [-0.25, -0.2) is 5.84 Å². The number of rotatable bonds is 1. The maximum atomic E-state index is 11.0. The van der Waals surface area contributed by atoms with E-state index < -0.39 is 0 Å². The Hall–Kier alpha value is -1.55. The number of nitrogens with two attached hydrogens (primary N) is 1. The van der Waals surface area contributed by atoms with Gasteiger partial charge in [0.2, 0.25) is 0 Å². The molecule has 0 saturated carbocycles. The molecule has 1 aromatic rings. The third-order valence-corrected chi connectivity index (χ3v) is 1.59. The van der Waals surface area contributed by atoms with E-state index in [0.717, 1.165) is 0 Å². The molecule has 0 aliphatic rings. The maximum Gasteiger partial charge on any atom is 0.265 e. The second kappa shape index (κ2) is 3.23. The van der Waals surface area contributed by atoms with E-state index in [9.17, 15) is 4.79 Å². The first-order chi connectivity index (χ1) is 5.65. The van der Waals surface area contributed by atoms with Crippen LogP contribution in [0.4, 0.5) is 0 Å². The Bertz CT molecular complexity index is 310. The number of carbonyl (C=O) groups excluding carboxylic acids is 1. The van der Waals surface area contributed by atoms with Crippen LogP contribution in [0.25, 0.3) is 0 Å². The molecule has 0 atom stereocenters. The largest absolute Gasteiger partial charge is 0.508 e. The number of carbonyl (C=O) groups is 1. The normalized spacial score (nSPS) is 9.50. The van der Waals surface area contributed by atoms with E-state index >= 15 is 0 Å². The quantitative estimate of drug-likeness (QED) is 0.319. The highest BCUT2D eigenvalue weighted by Crippen LogP contribution is 2.16. The SMILES string of the molecule is Cc1cc(C(=O)NN)ccc1O. The van der Waals surface area contributed by atoms with Gasteiger partial charge in [-0.1, -0.05) is 0 Å². The first-order valence-electron chi connectivity index (χ1n) is 3.45. The van der Waals surface area contributed by atoms with Gasteiger partial charge < -0.3 is 5.11 Å². The number of amides is 1. The Balaban J connectivity index is 3.05. The Morgan fingerprint density at radius 1 is 1.58 bits per heavy atom. The van der Waals surface area contributed by atoms with Crippen LogP contribution in [0.5, 0.6) is 5.75 Å². The Labute approximate surface area is 70.0 Å². The number of aryl methyl sites for hydroxylation is 1. The third kappa shape index (κ3) is 1.54. The summed E-state index contributed by atoms with van der Waals surface area (Å²) < 4.78 is 0. The van der Waals surface area contributed by atoms with Crippen molar-refractivity contribution in [3.63, 3.8) is 0 Å². The van der Waals surface area contributed by atoms with Crippen LogP contribution in [0, 0.1) is 6.92 Å².